The summed E-state index contributed by atoms with van der Waals surface area (Å²) in [6.45, 7) is 9.09. The van der Waals surface area contributed by atoms with Gasteiger partial charge in [-0.3, -0.25) is 4.79 Å². The summed E-state index contributed by atoms with van der Waals surface area (Å²) in [5, 5.41) is 3.42. The minimum Gasteiger partial charge on any atom is -0.351 e. The van der Waals surface area contributed by atoms with Crippen LogP contribution in [0.5, 0.6) is 0 Å². The molecule has 0 radical (unpaired) electrons. The van der Waals surface area contributed by atoms with Crippen molar-refractivity contribution in [2.75, 3.05) is 31.1 Å². The molecule has 2 fully saturated rings. The molecule has 5 heteroatoms. The largest absolute Gasteiger partial charge is 0.351 e. The summed E-state index contributed by atoms with van der Waals surface area (Å²) in [5.41, 5.74) is 0.0594. The predicted molar refractivity (Wildman–Crippen MR) is 75.4 cm³/mol. The van der Waals surface area contributed by atoms with Crippen molar-refractivity contribution in [1.29, 1.82) is 0 Å². The predicted octanol–water partition coefficient (Wildman–Crippen LogP) is 0.555. The summed E-state index contributed by atoms with van der Waals surface area (Å²) in [4.78, 5) is 19.0. The molecule has 0 unspecified atom stereocenters. The number of rotatable bonds is 3. The number of aromatic nitrogens is 2. The lowest BCUT2D eigenvalue weighted by molar-refractivity contribution is 0.508. The van der Waals surface area contributed by atoms with Crippen LogP contribution in [0.2, 0.25) is 0 Å². The third-order valence-corrected chi connectivity index (χ3v) is 4.15. The van der Waals surface area contributed by atoms with Crippen LogP contribution in [0.1, 0.15) is 13.8 Å². The second-order valence-electron chi connectivity index (χ2n) is 6.19. The molecule has 2 atom stereocenters. The van der Waals surface area contributed by atoms with Gasteiger partial charge in [0.05, 0.1) is 0 Å². The molecule has 0 aromatic carbocycles. The first-order valence-corrected chi connectivity index (χ1v) is 7.16. The maximum absolute atomic E-state index is 12.5. The molecule has 3 rings (SSSR count). The van der Waals surface area contributed by atoms with Gasteiger partial charge in [-0.15, -0.1) is 0 Å². The molecular formula is C14H22N4O. The number of anilines is 1. The summed E-state index contributed by atoms with van der Waals surface area (Å²) >= 11 is 0. The second-order valence-corrected chi connectivity index (χ2v) is 6.19. The van der Waals surface area contributed by atoms with Gasteiger partial charge in [-0.2, -0.15) is 0 Å². The smallest absolute Gasteiger partial charge is 0.293 e. The Bertz CT molecular complexity index is 498. The van der Waals surface area contributed by atoms with Gasteiger partial charge in [-0.1, -0.05) is 13.8 Å². The van der Waals surface area contributed by atoms with Crippen LogP contribution in [0, 0.1) is 17.8 Å². The Kier molecular flexibility index (Phi) is 3.31. The van der Waals surface area contributed by atoms with Crippen molar-refractivity contribution >= 4 is 5.82 Å². The van der Waals surface area contributed by atoms with Crippen LogP contribution in [0.15, 0.2) is 17.2 Å². The molecule has 104 valence electrons. The lowest BCUT2D eigenvalue weighted by atomic mass is 10.0. The molecule has 0 bridgehead atoms. The first kappa shape index (κ1) is 12.7. The number of hydrogen-bond acceptors (Lipinski definition) is 4. The Morgan fingerprint density at radius 1 is 1.37 bits per heavy atom. The number of nitrogens with zero attached hydrogens (tertiary/aromatic N) is 3. The van der Waals surface area contributed by atoms with Gasteiger partial charge in [0.15, 0.2) is 5.82 Å². The van der Waals surface area contributed by atoms with E-state index in [0.29, 0.717) is 23.6 Å². The van der Waals surface area contributed by atoms with E-state index in [1.54, 1.807) is 17.0 Å². The average Bonchev–Trinajstić information content (AvgIpc) is 2.91. The molecule has 1 N–H and O–H groups in total. The van der Waals surface area contributed by atoms with Crippen molar-refractivity contribution in [2.24, 2.45) is 17.8 Å². The molecule has 0 amide bonds. The summed E-state index contributed by atoms with van der Waals surface area (Å²) in [6, 6.07) is 0. The SMILES string of the molecule is CC(C)Cn1ccnc(N2C[C@H]3CNC[C@H]3C2)c1=O. The van der Waals surface area contributed by atoms with Crippen LogP contribution in [0.4, 0.5) is 5.82 Å². The van der Waals surface area contributed by atoms with Crippen LogP contribution < -0.4 is 15.8 Å². The van der Waals surface area contributed by atoms with E-state index in [2.05, 4.69) is 29.0 Å². The molecule has 0 spiro atoms. The number of hydrogen-bond donors (Lipinski definition) is 1. The Balaban J connectivity index is 1.83. The lowest BCUT2D eigenvalue weighted by Gasteiger charge is -2.19. The number of fused-ring (bicyclic) bond motifs is 1. The molecular weight excluding hydrogens is 240 g/mol. The van der Waals surface area contributed by atoms with E-state index in [1.807, 2.05) is 0 Å². The molecule has 0 aliphatic carbocycles. The molecule has 3 heterocycles. The van der Waals surface area contributed by atoms with Gasteiger partial charge in [0.2, 0.25) is 0 Å². The Labute approximate surface area is 113 Å². The molecule has 19 heavy (non-hydrogen) atoms. The quantitative estimate of drug-likeness (QED) is 0.864. The van der Waals surface area contributed by atoms with Gasteiger partial charge in [0.25, 0.3) is 5.56 Å². The van der Waals surface area contributed by atoms with Crippen molar-refractivity contribution in [1.82, 2.24) is 14.9 Å². The van der Waals surface area contributed by atoms with Gasteiger partial charge < -0.3 is 14.8 Å². The minimum atomic E-state index is 0.0594. The normalized spacial score (nSPS) is 26.2. The molecule has 1 aromatic heterocycles. The van der Waals surface area contributed by atoms with E-state index in [0.717, 1.165) is 32.7 Å². The highest BCUT2D eigenvalue weighted by Crippen LogP contribution is 2.27. The zero-order valence-electron chi connectivity index (χ0n) is 11.7. The van der Waals surface area contributed by atoms with Crippen molar-refractivity contribution in [3.63, 3.8) is 0 Å². The third kappa shape index (κ3) is 2.39. The molecule has 2 aliphatic heterocycles. The zero-order valence-corrected chi connectivity index (χ0v) is 11.7. The van der Waals surface area contributed by atoms with Crippen molar-refractivity contribution in [3.8, 4) is 0 Å². The summed E-state index contributed by atoms with van der Waals surface area (Å²) in [6.07, 6.45) is 3.55. The fourth-order valence-corrected chi connectivity index (χ4v) is 3.22. The van der Waals surface area contributed by atoms with E-state index in [1.165, 1.54) is 0 Å². The topological polar surface area (TPSA) is 50.2 Å². The molecule has 0 saturated carbocycles. The molecule has 5 nitrogen and oxygen atoms in total. The first-order valence-electron chi connectivity index (χ1n) is 7.16. The summed E-state index contributed by atoms with van der Waals surface area (Å²) in [5.74, 6) is 2.47. The van der Waals surface area contributed by atoms with Gasteiger partial charge in [-0.05, 0) is 17.8 Å². The standard InChI is InChI=1S/C14H22N4O/c1-10(2)7-17-4-3-16-13(14(17)19)18-8-11-5-15-6-12(11)9-18/h3-4,10-12,15H,5-9H2,1-2H3/t11-,12+. The van der Waals surface area contributed by atoms with Crippen LogP contribution in [-0.4, -0.2) is 35.7 Å². The monoisotopic (exact) mass is 262 g/mol. The fraction of sp³-hybridized carbons (Fsp3) is 0.714. The van der Waals surface area contributed by atoms with E-state index in [-0.39, 0.29) is 5.56 Å². The summed E-state index contributed by atoms with van der Waals surface area (Å²) < 4.78 is 1.79. The lowest BCUT2D eigenvalue weighted by Crippen LogP contribution is -2.34. The molecule has 1 aromatic rings. The van der Waals surface area contributed by atoms with Crippen LogP contribution in [-0.2, 0) is 6.54 Å². The van der Waals surface area contributed by atoms with Crippen LogP contribution in [0.25, 0.3) is 0 Å². The van der Waals surface area contributed by atoms with Crippen molar-refractivity contribution in [2.45, 2.75) is 20.4 Å². The Morgan fingerprint density at radius 3 is 2.68 bits per heavy atom. The van der Waals surface area contributed by atoms with Gasteiger partial charge in [-0.25, -0.2) is 4.98 Å². The Morgan fingerprint density at radius 2 is 2.05 bits per heavy atom. The van der Waals surface area contributed by atoms with Crippen LogP contribution in [0.3, 0.4) is 0 Å². The fourth-order valence-electron chi connectivity index (χ4n) is 3.22. The molecule has 2 aliphatic rings. The maximum Gasteiger partial charge on any atom is 0.293 e. The van der Waals surface area contributed by atoms with Crippen molar-refractivity contribution < 1.29 is 0 Å². The highest BCUT2D eigenvalue weighted by atomic mass is 16.1. The van der Waals surface area contributed by atoms with E-state index >= 15 is 0 Å². The highest BCUT2D eigenvalue weighted by molar-refractivity contribution is 5.38. The minimum absolute atomic E-state index is 0.0594. The van der Waals surface area contributed by atoms with Gasteiger partial charge >= 0.3 is 0 Å². The zero-order chi connectivity index (χ0) is 13.4. The number of nitrogens with one attached hydrogen (secondary N) is 1. The first-order chi connectivity index (χ1) is 9.15. The van der Waals surface area contributed by atoms with E-state index < -0.39 is 0 Å². The average molecular weight is 262 g/mol. The van der Waals surface area contributed by atoms with Crippen LogP contribution >= 0.6 is 0 Å². The maximum atomic E-state index is 12.5. The molecule has 2 saturated heterocycles. The van der Waals surface area contributed by atoms with E-state index in [4.69, 9.17) is 0 Å². The second kappa shape index (κ2) is 4.96. The van der Waals surface area contributed by atoms with Gasteiger partial charge in [0.1, 0.15) is 0 Å². The summed E-state index contributed by atoms with van der Waals surface area (Å²) in [7, 11) is 0. The highest BCUT2D eigenvalue weighted by Gasteiger charge is 2.37. The van der Waals surface area contributed by atoms with Gasteiger partial charge in [0, 0.05) is 45.1 Å². The van der Waals surface area contributed by atoms with Crippen molar-refractivity contribution in [3.05, 3.63) is 22.7 Å². The third-order valence-electron chi connectivity index (χ3n) is 4.15. The van der Waals surface area contributed by atoms with E-state index in [9.17, 15) is 4.79 Å². The Hall–Kier alpha value is -1.36.